The van der Waals surface area contributed by atoms with Gasteiger partial charge in [0.15, 0.2) is 28.4 Å². The minimum Gasteiger partial charge on any atom is -0.360 e. The van der Waals surface area contributed by atoms with E-state index in [-0.39, 0.29) is 6.04 Å². The first-order chi connectivity index (χ1) is 12.0. The van der Waals surface area contributed by atoms with Gasteiger partial charge in [0.1, 0.15) is 0 Å². The van der Waals surface area contributed by atoms with E-state index >= 15 is 0 Å². The standard InChI is InChI=1S/C16H17F5N4S/c1-6(2)22-16(26)23-15-7(3)24-25(8(15)4)5-9-10(17)12(19)14(21)13(20)11(9)18/h6H,5H2,1-4H3,(H2,22,23,26). The molecule has 0 bridgehead atoms. The number of nitrogens with zero attached hydrogens (tertiary/aromatic N) is 2. The van der Waals surface area contributed by atoms with Crippen molar-refractivity contribution < 1.29 is 22.0 Å². The Labute approximate surface area is 152 Å². The van der Waals surface area contributed by atoms with Crippen molar-refractivity contribution in [2.24, 2.45) is 0 Å². The van der Waals surface area contributed by atoms with Gasteiger partial charge < -0.3 is 10.6 Å². The number of thiocarbonyl (C=S) groups is 1. The molecule has 1 heterocycles. The Kier molecular flexibility index (Phi) is 5.84. The van der Waals surface area contributed by atoms with Gasteiger partial charge in [0.05, 0.1) is 29.2 Å². The normalized spacial score (nSPS) is 11.2. The molecule has 26 heavy (non-hydrogen) atoms. The minimum absolute atomic E-state index is 0.0824. The van der Waals surface area contributed by atoms with Crippen LogP contribution >= 0.6 is 12.2 Å². The van der Waals surface area contributed by atoms with E-state index in [1.165, 1.54) is 0 Å². The molecule has 0 saturated carbocycles. The molecule has 4 nitrogen and oxygen atoms in total. The topological polar surface area (TPSA) is 41.9 Å². The van der Waals surface area contributed by atoms with E-state index < -0.39 is 41.2 Å². The van der Waals surface area contributed by atoms with E-state index in [0.717, 1.165) is 4.68 Å². The fourth-order valence-electron chi connectivity index (χ4n) is 2.38. The first kappa shape index (κ1) is 20.1. The smallest absolute Gasteiger partial charge is 0.200 e. The summed E-state index contributed by atoms with van der Waals surface area (Å²) in [6, 6.07) is 0.0824. The maximum absolute atomic E-state index is 13.9. The number of hydrogen-bond donors (Lipinski definition) is 2. The largest absolute Gasteiger partial charge is 0.360 e. The Morgan fingerprint density at radius 2 is 1.50 bits per heavy atom. The van der Waals surface area contributed by atoms with Crippen molar-refractivity contribution in [3.63, 3.8) is 0 Å². The molecule has 0 atom stereocenters. The van der Waals surface area contributed by atoms with E-state index in [2.05, 4.69) is 15.7 Å². The summed E-state index contributed by atoms with van der Waals surface area (Å²) in [5.41, 5.74) is 0.423. The predicted octanol–water partition coefficient (Wildman–Crippen LogP) is 3.94. The summed E-state index contributed by atoms with van der Waals surface area (Å²) in [6.45, 7) is 6.37. The third-order valence-electron chi connectivity index (χ3n) is 3.65. The average Bonchev–Trinajstić information content (AvgIpc) is 2.82. The molecule has 1 aromatic carbocycles. The van der Waals surface area contributed by atoms with E-state index in [4.69, 9.17) is 12.2 Å². The van der Waals surface area contributed by atoms with Gasteiger partial charge in [-0.3, -0.25) is 4.68 Å². The Bertz CT molecular complexity index is 834. The van der Waals surface area contributed by atoms with Crippen LogP contribution in [0.4, 0.5) is 27.6 Å². The summed E-state index contributed by atoms with van der Waals surface area (Å²) in [5, 5.41) is 10.3. The molecule has 0 aliphatic rings. The van der Waals surface area contributed by atoms with Gasteiger partial charge in [-0.05, 0) is 39.9 Å². The molecule has 0 amide bonds. The zero-order chi connectivity index (χ0) is 19.8. The van der Waals surface area contributed by atoms with Crippen molar-refractivity contribution in [3.05, 3.63) is 46.0 Å². The van der Waals surface area contributed by atoms with Crippen LogP contribution in [0.2, 0.25) is 0 Å². The van der Waals surface area contributed by atoms with Gasteiger partial charge >= 0.3 is 0 Å². The Morgan fingerprint density at radius 3 is 2.00 bits per heavy atom. The predicted molar refractivity (Wildman–Crippen MR) is 91.5 cm³/mol. The molecule has 0 aliphatic heterocycles. The lowest BCUT2D eigenvalue weighted by Gasteiger charge is -2.13. The lowest BCUT2D eigenvalue weighted by atomic mass is 10.1. The summed E-state index contributed by atoms with van der Waals surface area (Å²) < 4.78 is 68.8. The van der Waals surface area contributed by atoms with E-state index in [0.29, 0.717) is 22.2 Å². The zero-order valence-corrected chi connectivity index (χ0v) is 15.3. The highest BCUT2D eigenvalue weighted by Crippen LogP contribution is 2.26. The summed E-state index contributed by atoms with van der Waals surface area (Å²) in [7, 11) is 0. The number of nitrogens with one attached hydrogen (secondary N) is 2. The fraction of sp³-hybridized carbons (Fsp3) is 0.375. The quantitative estimate of drug-likeness (QED) is 0.358. The summed E-state index contributed by atoms with van der Waals surface area (Å²) >= 11 is 5.14. The van der Waals surface area contributed by atoms with E-state index in [1.54, 1.807) is 13.8 Å². The van der Waals surface area contributed by atoms with Gasteiger partial charge in [-0.25, -0.2) is 22.0 Å². The van der Waals surface area contributed by atoms with Gasteiger partial charge in [-0.2, -0.15) is 5.10 Å². The zero-order valence-electron chi connectivity index (χ0n) is 14.5. The monoisotopic (exact) mass is 392 g/mol. The molecule has 0 fully saturated rings. The second kappa shape index (κ2) is 7.56. The fourth-order valence-corrected chi connectivity index (χ4v) is 2.72. The number of aryl methyl sites for hydroxylation is 1. The first-order valence-corrected chi connectivity index (χ1v) is 8.07. The molecule has 2 aromatic rings. The molecular formula is C16H17F5N4S. The second-order valence-corrected chi connectivity index (χ2v) is 6.41. The molecule has 1 aromatic heterocycles. The third kappa shape index (κ3) is 3.79. The number of rotatable bonds is 4. The van der Waals surface area contributed by atoms with E-state index in [9.17, 15) is 22.0 Å². The Balaban J connectivity index is 2.38. The van der Waals surface area contributed by atoms with Crippen LogP contribution in [-0.2, 0) is 6.54 Å². The highest BCUT2D eigenvalue weighted by Gasteiger charge is 2.26. The summed E-state index contributed by atoms with van der Waals surface area (Å²) in [6.07, 6.45) is 0. The highest BCUT2D eigenvalue weighted by atomic mass is 32.1. The van der Waals surface area contributed by atoms with Crippen molar-refractivity contribution in [3.8, 4) is 0 Å². The van der Waals surface area contributed by atoms with Crippen molar-refractivity contribution in [2.45, 2.75) is 40.3 Å². The van der Waals surface area contributed by atoms with Crippen molar-refractivity contribution in [2.75, 3.05) is 5.32 Å². The average molecular weight is 392 g/mol. The molecular weight excluding hydrogens is 375 g/mol. The molecule has 10 heteroatoms. The van der Waals surface area contributed by atoms with Crippen LogP contribution < -0.4 is 10.6 Å². The minimum atomic E-state index is -2.19. The van der Waals surface area contributed by atoms with Crippen LogP contribution in [0.15, 0.2) is 0 Å². The molecule has 0 aliphatic carbocycles. The van der Waals surface area contributed by atoms with Gasteiger partial charge in [-0.15, -0.1) is 0 Å². The molecule has 2 N–H and O–H groups in total. The SMILES string of the molecule is Cc1nn(Cc2c(F)c(F)c(F)c(F)c2F)c(C)c1NC(=S)NC(C)C. The number of anilines is 1. The maximum Gasteiger partial charge on any atom is 0.200 e. The number of halogens is 5. The van der Waals surface area contributed by atoms with Crippen LogP contribution in [0.3, 0.4) is 0 Å². The van der Waals surface area contributed by atoms with Gasteiger partial charge in [0, 0.05) is 6.04 Å². The van der Waals surface area contributed by atoms with Crippen LogP contribution in [0.25, 0.3) is 0 Å². The van der Waals surface area contributed by atoms with Crippen molar-refractivity contribution in [1.29, 1.82) is 0 Å². The number of hydrogen-bond acceptors (Lipinski definition) is 2. The Morgan fingerprint density at radius 1 is 1.00 bits per heavy atom. The van der Waals surface area contributed by atoms with Crippen LogP contribution in [0, 0.1) is 42.9 Å². The van der Waals surface area contributed by atoms with Crippen molar-refractivity contribution >= 4 is 23.0 Å². The van der Waals surface area contributed by atoms with Gasteiger partial charge in [0.2, 0.25) is 5.82 Å². The van der Waals surface area contributed by atoms with Gasteiger partial charge in [-0.1, -0.05) is 0 Å². The molecule has 0 spiro atoms. The highest BCUT2D eigenvalue weighted by molar-refractivity contribution is 7.80. The summed E-state index contributed by atoms with van der Waals surface area (Å²) in [4.78, 5) is 0. The second-order valence-electron chi connectivity index (χ2n) is 6.01. The Hall–Kier alpha value is -2.23. The molecule has 0 saturated heterocycles. The van der Waals surface area contributed by atoms with Crippen molar-refractivity contribution in [1.82, 2.24) is 15.1 Å². The van der Waals surface area contributed by atoms with Gasteiger partial charge in [0.25, 0.3) is 0 Å². The summed E-state index contributed by atoms with van der Waals surface area (Å²) in [5.74, 6) is -9.91. The van der Waals surface area contributed by atoms with Crippen LogP contribution in [0.1, 0.15) is 30.8 Å². The third-order valence-corrected chi connectivity index (χ3v) is 3.87. The number of aromatic nitrogens is 2. The first-order valence-electron chi connectivity index (χ1n) is 7.66. The number of benzene rings is 1. The van der Waals surface area contributed by atoms with Crippen LogP contribution in [-0.4, -0.2) is 20.9 Å². The lowest BCUT2D eigenvalue weighted by molar-refractivity contribution is 0.366. The molecule has 2 rings (SSSR count). The maximum atomic E-state index is 13.9. The van der Waals surface area contributed by atoms with E-state index in [1.807, 2.05) is 13.8 Å². The molecule has 0 unspecified atom stereocenters. The molecule has 0 radical (unpaired) electrons. The lowest BCUT2D eigenvalue weighted by Crippen LogP contribution is -2.34. The molecule has 142 valence electrons. The van der Waals surface area contributed by atoms with Crippen LogP contribution in [0.5, 0.6) is 0 Å².